The Morgan fingerprint density at radius 3 is 2.63 bits per heavy atom. The second kappa shape index (κ2) is 5.73. The number of hydrogen-bond acceptors (Lipinski definition) is 4. The molecule has 0 spiro atoms. The number of aryl methyl sites for hydroxylation is 1. The molecule has 1 heterocycles. The Hall–Kier alpha value is -2.05. The summed E-state index contributed by atoms with van der Waals surface area (Å²) < 4.78 is 6.40. The number of ether oxygens (including phenoxy) is 1. The van der Waals surface area contributed by atoms with Crippen molar-refractivity contribution in [3.63, 3.8) is 0 Å². The van der Waals surface area contributed by atoms with Gasteiger partial charge in [-0.3, -0.25) is 4.68 Å². The molecule has 7 heteroatoms. The van der Waals surface area contributed by atoms with E-state index >= 15 is 0 Å². The zero-order valence-electron chi connectivity index (χ0n) is 11.6. The van der Waals surface area contributed by atoms with Crippen molar-refractivity contribution in [2.24, 2.45) is 0 Å². The molecule has 7 nitrogen and oxygen atoms in total. The number of rotatable bonds is 4. The number of aromatic nitrogens is 2. The Kier molecular flexibility index (Phi) is 4.52. The highest BCUT2D eigenvalue weighted by atomic mass is 16.6. The SMILES string of the molecule is Cc1cc(C(=O)O)n(CCNC(=O)OC(C)(C)C)n1. The first kappa shape index (κ1) is 15.0. The maximum absolute atomic E-state index is 11.4. The van der Waals surface area contributed by atoms with Crippen LogP contribution in [0.2, 0.25) is 0 Å². The lowest BCUT2D eigenvalue weighted by atomic mass is 10.2. The molecule has 2 N–H and O–H groups in total. The standard InChI is InChI=1S/C12H19N3O4/c1-8-7-9(10(16)17)15(14-8)6-5-13-11(18)19-12(2,3)4/h7H,5-6H2,1-4H3,(H,13,18)(H,16,17). The number of carbonyl (C=O) groups excluding carboxylic acids is 1. The summed E-state index contributed by atoms with van der Waals surface area (Å²) in [6.45, 7) is 7.54. The van der Waals surface area contributed by atoms with Crippen molar-refractivity contribution in [2.75, 3.05) is 6.54 Å². The molecule has 0 aliphatic carbocycles. The van der Waals surface area contributed by atoms with Crippen LogP contribution in [0.1, 0.15) is 37.0 Å². The molecule has 1 aromatic rings. The molecule has 0 saturated carbocycles. The maximum atomic E-state index is 11.4. The maximum Gasteiger partial charge on any atom is 0.407 e. The van der Waals surface area contributed by atoms with Crippen LogP contribution in [0, 0.1) is 6.92 Å². The van der Waals surface area contributed by atoms with Crippen LogP contribution in [-0.2, 0) is 11.3 Å². The number of aromatic carboxylic acids is 1. The number of carbonyl (C=O) groups is 2. The number of nitrogens with zero attached hydrogens (tertiary/aromatic N) is 2. The second-order valence-corrected chi connectivity index (χ2v) is 5.13. The molecule has 0 atom stereocenters. The fourth-order valence-electron chi connectivity index (χ4n) is 1.47. The van der Waals surface area contributed by atoms with E-state index < -0.39 is 17.7 Å². The normalized spacial score (nSPS) is 11.2. The predicted molar refractivity (Wildman–Crippen MR) is 68.2 cm³/mol. The van der Waals surface area contributed by atoms with Gasteiger partial charge in [0.2, 0.25) is 0 Å². The first-order valence-electron chi connectivity index (χ1n) is 5.93. The lowest BCUT2D eigenvalue weighted by Gasteiger charge is -2.19. The molecule has 0 bridgehead atoms. The smallest absolute Gasteiger partial charge is 0.407 e. The summed E-state index contributed by atoms with van der Waals surface area (Å²) in [6, 6.07) is 1.48. The third-order valence-electron chi connectivity index (χ3n) is 2.11. The molecular formula is C12H19N3O4. The lowest BCUT2D eigenvalue weighted by Crippen LogP contribution is -2.34. The van der Waals surface area contributed by atoms with Gasteiger partial charge in [0.1, 0.15) is 11.3 Å². The Balaban J connectivity index is 2.50. The van der Waals surface area contributed by atoms with Gasteiger partial charge in [0.05, 0.1) is 12.2 Å². The van der Waals surface area contributed by atoms with Gasteiger partial charge in [0.15, 0.2) is 0 Å². The largest absolute Gasteiger partial charge is 0.477 e. The predicted octanol–water partition coefficient (Wildman–Crippen LogP) is 1.41. The van der Waals surface area contributed by atoms with E-state index in [4.69, 9.17) is 9.84 Å². The van der Waals surface area contributed by atoms with E-state index in [-0.39, 0.29) is 18.8 Å². The van der Waals surface area contributed by atoms with Gasteiger partial charge in [-0.2, -0.15) is 5.10 Å². The molecular weight excluding hydrogens is 250 g/mol. The molecule has 0 aliphatic rings. The van der Waals surface area contributed by atoms with Crippen molar-refractivity contribution in [3.8, 4) is 0 Å². The van der Waals surface area contributed by atoms with Crippen molar-refractivity contribution < 1.29 is 19.4 Å². The summed E-state index contributed by atoms with van der Waals surface area (Å²) in [5.41, 5.74) is 0.164. The molecule has 1 amide bonds. The average Bonchev–Trinajstić information content (AvgIpc) is 2.57. The van der Waals surface area contributed by atoms with Crippen LogP contribution in [0.3, 0.4) is 0 Å². The topological polar surface area (TPSA) is 93.5 Å². The number of nitrogens with one attached hydrogen (secondary N) is 1. The molecule has 1 rings (SSSR count). The van der Waals surface area contributed by atoms with Crippen LogP contribution in [-0.4, -0.2) is 39.1 Å². The van der Waals surface area contributed by atoms with E-state index in [0.29, 0.717) is 5.69 Å². The fraction of sp³-hybridized carbons (Fsp3) is 0.583. The van der Waals surface area contributed by atoms with Crippen LogP contribution in [0.25, 0.3) is 0 Å². The van der Waals surface area contributed by atoms with E-state index in [9.17, 15) is 9.59 Å². The molecule has 106 valence electrons. The Morgan fingerprint density at radius 2 is 2.11 bits per heavy atom. The summed E-state index contributed by atoms with van der Waals surface area (Å²) >= 11 is 0. The Labute approximate surface area is 111 Å². The third-order valence-corrected chi connectivity index (χ3v) is 2.11. The number of carboxylic acid groups (broad SMARTS) is 1. The zero-order valence-corrected chi connectivity index (χ0v) is 11.6. The Morgan fingerprint density at radius 1 is 1.47 bits per heavy atom. The highest BCUT2D eigenvalue weighted by Gasteiger charge is 2.16. The minimum Gasteiger partial charge on any atom is -0.477 e. The fourth-order valence-corrected chi connectivity index (χ4v) is 1.47. The van der Waals surface area contributed by atoms with Crippen LogP contribution < -0.4 is 5.32 Å². The van der Waals surface area contributed by atoms with Crippen LogP contribution in [0.15, 0.2) is 6.07 Å². The number of carboxylic acids is 1. The summed E-state index contributed by atoms with van der Waals surface area (Å²) in [7, 11) is 0. The van der Waals surface area contributed by atoms with Gasteiger partial charge < -0.3 is 15.2 Å². The highest BCUT2D eigenvalue weighted by Crippen LogP contribution is 2.06. The molecule has 0 saturated heterocycles. The monoisotopic (exact) mass is 269 g/mol. The Bertz CT molecular complexity index is 474. The van der Waals surface area contributed by atoms with Gasteiger partial charge in [0, 0.05) is 6.54 Å². The lowest BCUT2D eigenvalue weighted by molar-refractivity contribution is 0.0525. The van der Waals surface area contributed by atoms with Gasteiger partial charge in [0.25, 0.3) is 0 Å². The minimum atomic E-state index is -1.04. The van der Waals surface area contributed by atoms with Crippen LogP contribution >= 0.6 is 0 Å². The average molecular weight is 269 g/mol. The summed E-state index contributed by atoms with van der Waals surface area (Å²) in [4.78, 5) is 22.3. The van der Waals surface area contributed by atoms with Gasteiger partial charge in [-0.1, -0.05) is 0 Å². The highest BCUT2D eigenvalue weighted by molar-refractivity contribution is 5.85. The molecule has 1 aromatic heterocycles. The van der Waals surface area contributed by atoms with E-state index in [2.05, 4.69) is 10.4 Å². The number of amides is 1. The van der Waals surface area contributed by atoms with Crippen LogP contribution in [0.5, 0.6) is 0 Å². The van der Waals surface area contributed by atoms with Gasteiger partial charge in [-0.05, 0) is 33.8 Å². The molecule has 0 radical (unpaired) electrons. The summed E-state index contributed by atoms with van der Waals surface area (Å²) in [6.07, 6.45) is -0.534. The van der Waals surface area contributed by atoms with Gasteiger partial charge in [-0.25, -0.2) is 9.59 Å². The zero-order chi connectivity index (χ0) is 14.6. The van der Waals surface area contributed by atoms with E-state index in [1.165, 1.54) is 10.7 Å². The summed E-state index contributed by atoms with van der Waals surface area (Å²) in [5, 5.41) is 15.6. The minimum absolute atomic E-state index is 0.100. The summed E-state index contributed by atoms with van der Waals surface area (Å²) in [5.74, 6) is -1.04. The van der Waals surface area contributed by atoms with E-state index in [0.717, 1.165) is 0 Å². The molecule has 0 fully saturated rings. The number of alkyl carbamates (subject to hydrolysis) is 1. The quantitative estimate of drug-likeness (QED) is 0.862. The van der Waals surface area contributed by atoms with Crippen LogP contribution in [0.4, 0.5) is 4.79 Å². The van der Waals surface area contributed by atoms with Crippen molar-refractivity contribution >= 4 is 12.1 Å². The van der Waals surface area contributed by atoms with Crippen molar-refractivity contribution in [1.29, 1.82) is 0 Å². The van der Waals surface area contributed by atoms with E-state index in [1.54, 1.807) is 27.7 Å². The van der Waals surface area contributed by atoms with Gasteiger partial charge >= 0.3 is 12.1 Å². The first-order chi connectivity index (χ1) is 8.69. The van der Waals surface area contributed by atoms with E-state index in [1.807, 2.05) is 0 Å². The molecule has 0 aliphatic heterocycles. The van der Waals surface area contributed by atoms with Crippen molar-refractivity contribution in [1.82, 2.24) is 15.1 Å². The third kappa shape index (κ3) is 4.99. The molecule has 0 unspecified atom stereocenters. The second-order valence-electron chi connectivity index (χ2n) is 5.13. The molecule has 19 heavy (non-hydrogen) atoms. The van der Waals surface area contributed by atoms with Crippen molar-refractivity contribution in [3.05, 3.63) is 17.5 Å². The van der Waals surface area contributed by atoms with Crippen molar-refractivity contribution in [2.45, 2.75) is 39.8 Å². The molecule has 0 aromatic carbocycles. The number of hydrogen-bond donors (Lipinski definition) is 2. The van der Waals surface area contributed by atoms with Gasteiger partial charge in [-0.15, -0.1) is 0 Å². The first-order valence-corrected chi connectivity index (χ1v) is 5.93.